The summed E-state index contributed by atoms with van der Waals surface area (Å²) in [5, 5.41) is 7.60. The fraction of sp³-hybridized carbons (Fsp3) is 0.435. The highest BCUT2D eigenvalue weighted by atomic mass is 35.5. The summed E-state index contributed by atoms with van der Waals surface area (Å²) in [7, 11) is -3.59. The predicted octanol–water partition coefficient (Wildman–Crippen LogP) is 3.88. The van der Waals surface area contributed by atoms with Crippen LogP contribution >= 0.6 is 23.2 Å². The number of sulfonamides is 1. The summed E-state index contributed by atoms with van der Waals surface area (Å²) in [5.74, 6) is 0.480. The van der Waals surface area contributed by atoms with Crippen molar-refractivity contribution < 1.29 is 13.2 Å². The second kappa shape index (κ2) is 10.0. The SMILES string of the molecule is CS(=O)(=O)Nc1ccc(Cl)cc1C(=O)N1CCCC[C@H]1c1cc2nc(Cl)cc(N3CCCCN3)n2n1. The average molecular weight is 552 g/mol. The number of hydrogen-bond acceptors (Lipinski definition) is 7. The molecular weight excluding hydrogens is 525 g/mol. The maximum Gasteiger partial charge on any atom is 0.256 e. The van der Waals surface area contributed by atoms with E-state index in [9.17, 15) is 13.2 Å². The molecule has 3 aromatic rings. The van der Waals surface area contributed by atoms with Crippen LogP contribution in [0.5, 0.6) is 0 Å². The number of hydrazine groups is 1. The van der Waals surface area contributed by atoms with Gasteiger partial charge < -0.3 is 4.90 Å². The largest absolute Gasteiger partial charge is 0.330 e. The number of carbonyl (C=O) groups is 1. The van der Waals surface area contributed by atoms with Crippen molar-refractivity contribution in [2.24, 2.45) is 0 Å². The van der Waals surface area contributed by atoms with Crippen LogP contribution in [0.25, 0.3) is 5.65 Å². The molecule has 1 amide bonds. The van der Waals surface area contributed by atoms with Crippen molar-refractivity contribution in [3.8, 4) is 0 Å². The van der Waals surface area contributed by atoms with Gasteiger partial charge in [0, 0.05) is 36.8 Å². The molecule has 2 fully saturated rings. The van der Waals surface area contributed by atoms with E-state index in [0.29, 0.717) is 28.1 Å². The molecule has 1 atom stereocenters. The van der Waals surface area contributed by atoms with Gasteiger partial charge in [0.1, 0.15) is 11.0 Å². The molecule has 36 heavy (non-hydrogen) atoms. The van der Waals surface area contributed by atoms with Gasteiger partial charge in [0.15, 0.2) is 5.65 Å². The molecule has 13 heteroatoms. The zero-order valence-electron chi connectivity index (χ0n) is 19.7. The molecule has 1 aromatic carbocycles. The first-order chi connectivity index (χ1) is 17.2. The Bertz CT molecular complexity index is 1410. The molecule has 2 aliphatic heterocycles. The van der Waals surface area contributed by atoms with Crippen LogP contribution in [0.3, 0.4) is 0 Å². The Morgan fingerprint density at radius 1 is 1.11 bits per heavy atom. The quantitative estimate of drug-likeness (QED) is 0.462. The van der Waals surface area contributed by atoms with Gasteiger partial charge in [0.2, 0.25) is 10.0 Å². The second-order valence-corrected chi connectivity index (χ2v) is 11.7. The van der Waals surface area contributed by atoms with Crippen molar-refractivity contribution >= 4 is 56.3 Å². The molecule has 2 saturated heterocycles. The molecule has 0 aliphatic carbocycles. The first kappa shape index (κ1) is 25.1. The van der Waals surface area contributed by atoms with Crippen molar-refractivity contribution in [2.45, 2.75) is 38.1 Å². The summed E-state index contributed by atoms with van der Waals surface area (Å²) in [5.41, 5.74) is 5.07. The first-order valence-corrected chi connectivity index (χ1v) is 14.5. The molecule has 10 nitrogen and oxygen atoms in total. The molecule has 2 aromatic heterocycles. The number of rotatable bonds is 5. The van der Waals surface area contributed by atoms with Gasteiger partial charge in [-0.3, -0.25) is 14.5 Å². The summed E-state index contributed by atoms with van der Waals surface area (Å²) in [6.45, 7) is 2.20. The molecular formula is C23H27Cl2N7O3S. The number of likely N-dealkylation sites (tertiary alicyclic amines) is 1. The number of nitrogens with one attached hydrogen (secondary N) is 2. The molecule has 2 aliphatic rings. The van der Waals surface area contributed by atoms with Gasteiger partial charge in [-0.2, -0.15) is 9.61 Å². The summed E-state index contributed by atoms with van der Waals surface area (Å²) >= 11 is 12.5. The van der Waals surface area contributed by atoms with E-state index in [0.717, 1.165) is 57.3 Å². The van der Waals surface area contributed by atoms with Gasteiger partial charge in [0.05, 0.1) is 29.2 Å². The number of piperidine rings is 1. The zero-order valence-corrected chi connectivity index (χ0v) is 22.1. The van der Waals surface area contributed by atoms with Crippen molar-refractivity contribution in [2.75, 3.05) is 35.6 Å². The van der Waals surface area contributed by atoms with Gasteiger partial charge in [-0.1, -0.05) is 23.2 Å². The van der Waals surface area contributed by atoms with Crippen molar-refractivity contribution in [1.29, 1.82) is 0 Å². The van der Waals surface area contributed by atoms with Gasteiger partial charge in [-0.15, -0.1) is 0 Å². The maximum absolute atomic E-state index is 13.8. The van der Waals surface area contributed by atoms with Crippen molar-refractivity contribution in [1.82, 2.24) is 24.9 Å². The van der Waals surface area contributed by atoms with Gasteiger partial charge in [-0.25, -0.2) is 18.8 Å². The molecule has 0 unspecified atom stereocenters. The third-order valence-electron chi connectivity index (χ3n) is 6.40. The van der Waals surface area contributed by atoms with E-state index >= 15 is 0 Å². The third kappa shape index (κ3) is 5.24. The summed E-state index contributed by atoms with van der Waals surface area (Å²) in [6, 6.07) is 7.89. The zero-order chi connectivity index (χ0) is 25.4. The number of aromatic nitrogens is 3. The summed E-state index contributed by atoms with van der Waals surface area (Å²) in [4.78, 5) is 20.0. The van der Waals surface area contributed by atoms with Crippen molar-refractivity contribution in [3.63, 3.8) is 0 Å². The molecule has 192 valence electrons. The predicted molar refractivity (Wildman–Crippen MR) is 140 cm³/mol. The monoisotopic (exact) mass is 551 g/mol. The lowest BCUT2D eigenvalue weighted by atomic mass is 9.98. The lowest BCUT2D eigenvalue weighted by molar-refractivity contribution is 0.0607. The minimum Gasteiger partial charge on any atom is -0.330 e. The lowest BCUT2D eigenvalue weighted by Crippen LogP contribution is -2.44. The number of halogens is 2. The van der Waals surface area contributed by atoms with Gasteiger partial charge in [0.25, 0.3) is 5.91 Å². The Balaban J connectivity index is 1.52. The smallest absolute Gasteiger partial charge is 0.256 e. The number of fused-ring (bicyclic) bond motifs is 1. The van der Waals surface area contributed by atoms with Crippen LogP contribution in [-0.4, -0.2) is 59.7 Å². The fourth-order valence-electron chi connectivity index (χ4n) is 4.80. The van der Waals surface area contributed by atoms with Crippen LogP contribution in [0.2, 0.25) is 10.2 Å². The van der Waals surface area contributed by atoms with E-state index in [2.05, 4.69) is 15.1 Å². The topological polar surface area (TPSA) is 112 Å². The number of benzene rings is 1. The third-order valence-corrected chi connectivity index (χ3v) is 7.42. The first-order valence-electron chi connectivity index (χ1n) is 11.9. The minimum atomic E-state index is -3.59. The van der Waals surface area contributed by atoms with Crippen LogP contribution in [0, 0.1) is 0 Å². The Morgan fingerprint density at radius 3 is 2.67 bits per heavy atom. The number of nitrogens with zero attached hydrogens (tertiary/aromatic N) is 5. The molecule has 5 rings (SSSR count). The highest BCUT2D eigenvalue weighted by Crippen LogP contribution is 2.35. The van der Waals surface area contributed by atoms with Crippen LogP contribution in [0.4, 0.5) is 11.5 Å². The van der Waals surface area contributed by atoms with Crippen LogP contribution in [0.1, 0.15) is 54.2 Å². The highest BCUT2D eigenvalue weighted by Gasteiger charge is 2.32. The number of hydrogen-bond donors (Lipinski definition) is 2. The Morgan fingerprint density at radius 2 is 1.92 bits per heavy atom. The molecule has 0 saturated carbocycles. The number of amides is 1. The van der Waals surface area contributed by atoms with Crippen LogP contribution in [0.15, 0.2) is 30.3 Å². The average Bonchev–Trinajstić information content (AvgIpc) is 3.28. The van der Waals surface area contributed by atoms with Gasteiger partial charge in [-0.05, 0) is 50.3 Å². The minimum absolute atomic E-state index is 0.193. The van der Waals surface area contributed by atoms with Crippen LogP contribution in [-0.2, 0) is 10.0 Å². The normalized spacial score (nSPS) is 19.0. The molecule has 0 radical (unpaired) electrons. The standard InChI is InChI=1S/C23H27Cl2N7O3S/c1-36(34,35)29-17-8-7-15(24)12-16(17)23(33)30-10-4-2-6-19(30)18-13-21-27-20(25)14-22(32(21)28-18)31-11-5-3-9-26-31/h7-8,12-14,19,26,29H,2-6,9-11H2,1H3/t19-/m0/s1. The Hall–Kier alpha value is -2.60. The summed E-state index contributed by atoms with van der Waals surface area (Å²) < 4.78 is 28.0. The Labute approximate surface area is 219 Å². The Kier molecular flexibility index (Phi) is 6.99. The van der Waals surface area contributed by atoms with Gasteiger partial charge >= 0.3 is 0 Å². The van der Waals surface area contributed by atoms with Crippen molar-refractivity contribution in [3.05, 3.63) is 51.8 Å². The number of carbonyl (C=O) groups excluding carboxylic acids is 1. The lowest BCUT2D eigenvalue weighted by Gasteiger charge is -2.35. The van der Waals surface area contributed by atoms with E-state index < -0.39 is 10.0 Å². The molecule has 4 heterocycles. The molecule has 2 N–H and O–H groups in total. The molecule has 0 bridgehead atoms. The van der Waals surface area contributed by atoms with E-state index in [4.69, 9.17) is 28.3 Å². The molecule has 0 spiro atoms. The van der Waals surface area contributed by atoms with E-state index in [1.807, 2.05) is 11.1 Å². The van der Waals surface area contributed by atoms with Crippen LogP contribution < -0.4 is 15.2 Å². The van der Waals surface area contributed by atoms with E-state index in [1.54, 1.807) is 21.5 Å². The number of anilines is 2. The summed E-state index contributed by atoms with van der Waals surface area (Å²) in [6.07, 6.45) is 5.68. The fourth-order valence-corrected chi connectivity index (χ4v) is 5.74. The van der Waals surface area contributed by atoms with E-state index in [-0.39, 0.29) is 23.2 Å². The second-order valence-electron chi connectivity index (χ2n) is 9.12. The highest BCUT2D eigenvalue weighted by molar-refractivity contribution is 7.92. The van der Waals surface area contributed by atoms with E-state index in [1.165, 1.54) is 12.1 Å². The maximum atomic E-state index is 13.8.